The van der Waals surface area contributed by atoms with Gasteiger partial charge in [-0.2, -0.15) is 13.2 Å². The summed E-state index contributed by atoms with van der Waals surface area (Å²) in [5.74, 6) is 0.797. The van der Waals surface area contributed by atoms with Crippen LogP contribution in [0.3, 0.4) is 0 Å². The number of imidazole rings is 1. The zero-order chi connectivity index (χ0) is 25.9. The first-order valence-electron chi connectivity index (χ1n) is 11.2. The Kier molecular flexibility index (Phi) is 6.98. The van der Waals surface area contributed by atoms with Gasteiger partial charge in [-0.15, -0.1) is 0 Å². The lowest BCUT2D eigenvalue weighted by Crippen LogP contribution is -2.07. The van der Waals surface area contributed by atoms with Crippen LogP contribution >= 0.6 is 0 Å². The Bertz CT molecular complexity index is 1480. The Hall–Kier alpha value is -4.31. The molecule has 4 aromatic heterocycles. The summed E-state index contributed by atoms with van der Waals surface area (Å²) >= 11 is 0. The van der Waals surface area contributed by atoms with Crippen molar-refractivity contribution in [3.8, 4) is 28.3 Å². The van der Waals surface area contributed by atoms with Crippen LogP contribution in [0.15, 0.2) is 73.1 Å². The lowest BCUT2D eigenvalue weighted by Gasteiger charge is -2.11. The number of benzene rings is 1. The van der Waals surface area contributed by atoms with Crippen molar-refractivity contribution in [3.63, 3.8) is 0 Å². The van der Waals surface area contributed by atoms with Crippen molar-refractivity contribution in [1.29, 1.82) is 0 Å². The van der Waals surface area contributed by atoms with Gasteiger partial charge in [0.1, 0.15) is 17.0 Å². The highest BCUT2D eigenvalue weighted by molar-refractivity contribution is 5.84. The molecule has 0 aliphatic heterocycles. The van der Waals surface area contributed by atoms with Gasteiger partial charge in [-0.1, -0.05) is 26.0 Å². The molecule has 5 rings (SSSR count). The number of aliphatic hydroxyl groups excluding tert-OH is 1. The molecule has 0 saturated heterocycles. The van der Waals surface area contributed by atoms with Crippen LogP contribution in [0.4, 0.5) is 19.0 Å². The van der Waals surface area contributed by atoms with E-state index in [1.807, 2.05) is 26.0 Å². The van der Waals surface area contributed by atoms with E-state index in [9.17, 15) is 18.3 Å². The van der Waals surface area contributed by atoms with Crippen molar-refractivity contribution in [2.75, 3.05) is 5.73 Å². The number of anilines is 1. The first-order chi connectivity index (χ1) is 17.3. The minimum Gasteiger partial charge on any atom is -0.392 e. The molecule has 0 aliphatic rings. The number of nitrogen functional groups attached to an aromatic ring is 1. The molecule has 0 unspecified atom stereocenters. The maximum Gasteiger partial charge on any atom is 0.433 e. The van der Waals surface area contributed by atoms with Crippen LogP contribution in [0.1, 0.15) is 25.1 Å². The van der Waals surface area contributed by atoms with Gasteiger partial charge in [-0.3, -0.25) is 9.55 Å². The summed E-state index contributed by atoms with van der Waals surface area (Å²) in [7, 11) is 0. The third kappa shape index (κ3) is 4.76. The molecule has 184 valence electrons. The monoisotopic (exact) mass is 492 g/mol. The number of fused-ring (bicyclic) bond motifs is 1. The Morgan fingerprint density at radius 1 is 0.917 bits per heavy atom. The number of nitrogens with zero attached hydrogens (tertiary/aromatic N) is 5. The average molecular weight is 493 g/mol. The second-order valence-corrected chi connectivity index (χ2v) is 7.50. The summed E-state index contributed by atoms with van der Waals surface area (Å²) in [5.41, 5.74) is 9.11. The quantitative estimate of drug-likeness (QED) is 0.335. The summed E-state index contributed by atoms with van der Waals surface area (Å²) in [6.45, 7) is 3.90. The molecule has 0 bridgehead atoms. The van der Waals surface area contributed by atoms with Gasteiger partial charge in [0.05, 0.1) is 17.9 Å². The van der Waals surface area contributed by atoms with Crippen LogP contribution in [0, 0.1) is 0 Å². The molecule has 7 nitrogen and oxygen atoms in total. The summed E-state index contributed by atoms with van der Waals surface area (Å²) in [5, 5.41) is 9.40. The maximum atomic E-state index is 12.9. The van der Waals surface area contributed by atoms with Crippen molar-refractivity contribution in [2.45, 2.75) is 26.6 Å². The van der Waals surface area contributed by atoms with Crippen molar-refractivity contribution in [2.24, 2.45) is 0 Å². The fraction of sp³-hybridized carbons (Fsp3) is 0.154. The lowest BCUT2D eigenvalue weighted by molar-refractivity contribution is -0.141. The van der Waals surface area contributed by atoms with Crippen LogP contribution in [-0.4, -0.2) is 29.6 Å². The zero-order valence-corrected chi connectivity index (χ0v) is 19.5. The van der Waals surface area contributed by atoms with Crippen LogP contribution in [-0.2, 0) is 12.8 Å². The van der Waals surface area contributed by atoms with E-state index in [-0.39, 0.29) is 12.4 Å². The van der Waals surface area contributed by atoms with Crippen molar-refractivity contribution in [1.82, 2.24) is 24.5 Å². The first kappa shape index (κ1) is 24.8. The molecule has 5 aromatic rings. The SMILES string of the molecule is CC.Nc1ncccc1-c1nc2ccc(-c3ccc(C(F)(F)F)nc3)nc2n1-c1ccc(CO)cc1. The van der Waals surface area contributed by atoms with Gasteiger partial charge in [-0.25, -0.2) is 15.0 Å². The van der Waals surface area contributed by atoms with E-state index in [1.54, 1.807) is 47.2 Å². The second kappa shape index (κ2) is 10.1. The topological polar surface area (TPSA) is 103 Å². The minimum absolute atomic E-state index is 0.101. The smallest absolute Gasteiger partial charge is 0.392 e. The third-order valence-electron chi connectivity index (χ3n) is 5.31. The van der Waals surface area contributed by atoms with Crippen molar-refractivity contribution >= 4 is 17.0 Å². The second-order valence-electron chi connectivity index (χ2n) is 7.50. The molecule has 0 atom stereocenters. The molecule has 0 aliphatic carbocycles. The van der Waals surface area contributed by atoms with Gasteiger partial charge >= 0.3 is 6.18 Å². The highest BCUT2D eigenvalue weighted by Gasteiger charge is 2.32. The van der Waals surface area contributed by atoms with Gasteiger partial charge < -0.3 is 10.8 Å². The molecule has 3 N–H and O–H groups in total. The number of aliphatic hydroxyl groups is 1. The molecule has 0 spiro atoms. The minimum atomic E-state index is -4.52. The summed E-state index contributed by atoms with van der Waals surface area (Å²) in [6, 6.07) is 16.4. The van der Waals surface area contributed by atoms with Crippen LogP contribution < -0.4 is 5.73 Å². The largest absolute Gasteiger partial charge is 0.433 e. The van der Waals surface area contributed by atoms with Crippen LogP contribution in [0.25, 0.3) is 39.5 Å². The maximum absolute atomic E-state index is 12.9. The molecule has 10 heteroatoms. The fourth-order valence-electron chi connectivity index (χ4n) is 3.61. The van der Waals surface area contributed by atoms with Gasteiger partial charge in [0.25, 0.3) is 0 Å². The van der Waals surface area contributed by atoms with Gasteiger partial charge in [-0.05, 0) is 54.1 Å². The van der Waals surface area contributed by atoms with Gasteiger partial charge in [0.2, 0.25) is 0 Å². The molecular formula is C26H23F3N6O. The summed E-state index contributed by atoms with van der Waals surface area (Å²) < 4.78 is 40.5. The Labute approximate surface area is 205 Å². The van der Waals surface area contributed by atoms with E-state index >= 15 is 0 Å². The Morgan fingerprint density at radius 3 is 2.28 bits per heavy atom. The zero-order valence-electron chi connectivity index (χ0n) is 19.5. The van der Waals surface area contributed by atoms with Gasteiger partial charge in [0, 0.05) is 23.6 Å². The number of hydrogen-bond acceptors (Lipinski definition) is 6. The summed E-state index contributed by atoms with van der Waals surface area (Å²) in [4.78, 5) is 17.1. The fourth-order valence-corrected chi connectivity index (χ4v) is 3.61. The van der Waals surface area contributed by atoms with E-state index in [0.717, 1.165) is 17.8 Å². The Morgan fingerprint density at radius 2 is 1.67 bits per heavy atom. The standard InChI is InChI=1S/C24H17F3N6O.C2H6/c25-24(26,27)20-10-5-15(12-30-20)18-8-9-19-23(31-18)33(16-6-3-14(13-34)4-7-16)22(32-19)17-2-1-11-29-21(17)28;1-2/h1-12,34H,13H2,(H2,28,29);1-2H3. The predicted octanol–water partition coefficient (Wildman–Crippen LogP) is 5.66. The van der Waals surface area contributed by atoms with Crippen LogP contribution in [0.2, 0.25) is 0 Å². The molecule has 1 aromatic carbocycles. The number of nitrogens with two attached hydrogens (primary N) is 1. The molecule has 0 saturated carbocycles. The van der Waals surface area contributed by atoms with Crippen LogP contribution in [0.5, 0.6) is 0 Å². The molecule has 4 heterocycles. The molecular weight excluding hydrogens is 469 g/mol. The number of hydrogen-bond donors (Lipinski definition) is 2. The Balaban J connectivity index is 0.00000148. The number of rotatable bonds is 4. The molecule has 0 amide bonds. The number of aromatic nitrogens is 5. The highest BCUT2D eigenvalue weighted by atomic mass is 19.4. The average Bonchev–Trinajstić information content (AvgIpc) is 3.28. The summed E-state index contributed by atoms with van der Waals surface area (Å²) in [6.07, 6.45) is -1.79. The lowest BCUT2D eigenvalue weighted by atomic mass is 10.1. The third-order valence-corrected chi connectivity index (χ3v) is 5.31. The van der Waals surface area contributed by atoms with Gasteiger partial charge in [0.15, 0.2) is 11.5 Å². The highest BCUT2D eigenvalue weighted by Crippen LogP contribution is 2.32. The van der Waals surface area contributed by atoms with E-state index in [4.69, 9.17) is 15.7 Å². The van der Waals surface area contributed by atoms with E-state index in [0.29, 0.717) is 39.5 Å². The first-order valence-corrected chi connectivity index (χ1v) is 11.2. The normalized spacial score (nSPS) is 11.3. The predicted molar refractivity (Wildman–Crippen MR) is 132 cm³/mol. The number of pyridine rings is 3. The number of halogens is 3. The molecule has 36 heavy (non-hydrogen) atoms. The van der Waals surface area contributed by atoms with E-state index in [1.165, 1.54) is 6.07 Å². The van der Waals surface area contributed by atoms with E-state index < -0.39 is 11.9 Å². The number of alkyl halides is 3. The van der Waals surface area contributed by atoms with E-state index in [2.05, 4.69) is 9.97 Å². The van der Waals surface area contributed by atoms with Crippen molar-refractivity contribution < 1.29 is 18.3 Å². The molecule has 0 radical (unpaired) electrons. The molecule has 0 fully saturated rings. The van der Waals surface area contributed by atoms with Crippen molar-refractivity contribution in [3.05, 3.63) is 84.3 Å².